The molecule has 100 valence electrons. The molecule has 2 aliphatic rings. The van der Waals surface area contributed by atoms with Gasteiger partial charge < -0.3 is 10.2 Å². The van der Waals surface area contributed by atoms with Crippen LogP contribution in [0.2, 0.25) is 0 Å². The first-order chi connectivity index (χ1) is 8.08. The number of hydrogen-bond donors (Lipinski definition) is 1. The highest BCUT2D eigenvalue weighted by atomic mass is 15.1. The van der Waals surface area contributed by atoms with E-state index in [1.54, 1.807) is 0 Å². The van der Waals surface area contributed by atoms with Crippen LogP contribution in [0.5, 0.6) is 0 Å². The maximum absolute atomic E-state index is 3.72. The van der Waals surface area contributed by atoms with Gasteiger partial charge >= 0.3 is 0 Å². The molecule has 0 radical (unpaired) electrons. The molecule has 0 aromatic carbocycles. The Balaban J connectivity index is 1.78. The van der Waals surface area contributed by atoms with Crippen molar-refractivity contribution in [3.8, 4) is 0 Å². The molecule has 1 heterocycles. The number of nitrogens with zero attached hydrogens (tertiary/aromatic N) is 1. The molecule has 1 N–H and O–H groups in total. The lowest BCUT2D eigenvalue weighted by molar-refractivity contribution is 0.131. The zero-order valence-corrected chi connectivity index (χ0v) is 12.0. The van der Waals surface area contributed by atoms with Crippen molar-refractivity contribution in [1.82, 2.24) is 10.2 Å². The standard InChI is InChI=1S/C15H30N2/c1-15(2)9-6-10-16-14(15)12-17(3)11-13-7-4-5-8-13/h13-14,16H,4-12H2,1-3H3. The van der Waals surface area contributed by atoms with E-state index in [1.807, 2.05) is 0 Å². The van der Waals surface area contributed by atoms with Crippen molar-refractivity contribution in [2.24, 2.45) is 11.3 Å². The smallest absolute Gasteiger partial charge is 0.0245 e. The van der Waals surface area contributed by atoms with Crippen LogP contribution in [0.4, 0.5) is 0 Å². The second-order valence-corrected chi connectivity index (χ2v) is 6.97. The normalized spacial score (nSPS) is 30.0. The molecule has 1 unspecified atom stereocenters. The van der Waals surface area contributed by atoms with Crippen LogP contribution >= 0.6 is 0 Å². The zero-order valence-electron chi connectivity index (χ0n) is 12.0. The molecule has 0 spiro atoms. The molecular formula is C15H30N2. The third-order valence-corrected chi connectivity index (χ3v) is 4.87. The van der Waals surface area contributed by atoms with Gasteiger partial charge in [-0.25, -0.2) is 0 Å². The van der Waals surface area contributed by atoms with Crippen molar-refractivity contribution >= 4 is 0 Å². The SMILES string of the molecule is CN(CC1CCCC1)CC1NCCCC1(C)C. The van der Waals surface area contributed by atoms with Crippen LogP contribution in [0.3, 0.4) is 0 Å². The largest absolute Gasteiger partial charge is 0.312 e. The minimum Gasteiger partial charge on any atom is -0.312 e. The fraction of sp³-hybridized carbons (Fsp3) is 1.00. The third kappa shape index (κ3) is 3.69. The predicted molar refractivity (Wildman–Crippen MR) is 74.3 cm³/mol. The zero-order chi connectivity index (χ0) is 12.3. The minimum atomic E-state index is 0.474. The van der Waals surface area contributed by atoms with Crippen molar-refractivity contribution < 1.29 is 0 Å². The molecule has 2 rings (SSSR count). The summed E-state index contributed by atoms with van der Waals surface area (Å²) < 4.78 is 0. The first kappa shape index (κ1) is 13.4. The minimum absolute atomic E-state index is 0.474. The van der Waals surface area contributed by atoms with Crippen molar-refractivity contribution in [1.29, 1.82) is 0 Å². The lowest BCUT2D eigenvalue weighted by Gasteiger charge is -2.41. The van der Waals surface area contributed by atoms with Crippen molar-refractivity contribution in [2.75, 3.05) is 26.7 Å². The first-order valence-corrected chi connectivity index (χ1v) is 7.50. The van der Waals surface area contributed by atoms with E-state index in [2.05, 4.69) is 31.1 Å². The number of nitrogens with one attached hydrogen (secondary N) is 1. The van der Waals surface area contributed by atoms with E-state index in [0.29, 0.717) is 11.5 Å². The summed E-state index contributed by atoms with van der Waals surface area (Å²) in [5.41, 5.74) is 0.474. The molecule has 1 atom stereocenters. The lowest BCUT2D eigenvalue weighted by Crippen LogP contribution is -2.52. The Bertz CT molecular complexity index is 231. The topological polar surface area (TPSA) is 15.3 Å². The molecular weight excluding hydrogens is 208 g/mol. The maximum Gasteiger partial charge on any atom is 0.0245 e. The van der Waals surface area contributed by atoms with Crippen molar-refractivity contribution in [3.63, 3.8) is 0 Å². The van der Waals surface area contributed by atoms with Gasteiger partial charge in [0, 0.05) is 19.1 Å². The monoisotopic (exact) mass is 238 g/mol. The van der Waals surface area contributed by atoms with Crippen LogP contribution in [-0.4, -0.2) is 37.6 Å². The average Bonchev–Trinajstić information content (AvgIpc) is 2.73. The average molecular weight is 238 g/mol. The van der Waals surface area contributed by atoms with Crippen LogP contribution in [-0.2, 0) is 0 Å². The summed E-state index contributed by atoms with van der Waals surface area (Å²) in [6, 6.07) is 0.683. The molecule has 0 bridgehead atoms. The van der Waals surface area contributed by atoms with Gasteiger partial charge in [0.15, 0.2) is 0 Å². The summed E-state index contributed by atoms with van der Waals surface area (Å²) in [7, 11) is 2.31. The maximum atomic E-state index is 3.72. The van der Waals surface area contributed by atoms with Crippen LogP contribution in [0.1, 0.15) is 52.4 Å². The molecule has 0 amide bonds. The summed E-state index contributed by atoms with van der Waals surface area (Å²) in [6.07, 6.45) is 8.58. The second kappa shape index (κ2) is 5.71. The molecule has 1 aliphatic heterocycles. The van der Waals surface area contributed by atoms with E-state index in [9.17, 15) is 0 Å². The predicted octanol–water partition coefficient (Wildman–Crippen LogP) is 2.89. The number of piperidine rings is 1. The Morgan fingerprint density at radius 1 is 1.12 bits per heavy atom. The van der Waals surface area contributed by atoms with Crippen LogP contribution < -0.4 is 5.32 Å². The van der Waals surface area contributed by atoms with Gasteiger partial charge in [-0.2, -0.15) is 0 Å². The van der Waals surface area contributed by atoms with Gasteiger partial charge in [0.25, 0.3) is 0 Å². The van der Waals surface area contributed by atoms with Crippen molar-refractivity contribution in [3.05, 3.63) is 0 Å². The molecule has 2 nitrogen and oxygen atoms in total. The molecule has 0 aromatic rings. The van der Waals surface area contributed by atoms with Gasteiger partial charge in [0.2, 0.25) is 0 Å². The molecule has 1 saturated carbocycles. The molecule has 1 saturated heterocycles. The summed E-state index contributed by atoms with van der Waals surface area (Å²) >= 11 is 0. The second-order valence-electron chi connectivity index (χ2n) is 6.97. The third-order valence-electron chi connectivity index (χ3n) is 4.87. The Hall–Kier alpha value is -0.0800. The van der Waals surface area contributed by atoms with E-state index in [0.717, 1.165) is 5.92 Å². The molecule has 17 heavy (non-hydrogen) atoms. The number of hydrogen-bond acceptors (Lipinski definition) is 2. The van der Waals surface area contributed by atoms with E-state index < -0.39 is 0 Å². The van der Waals surface area contributed by atoms with E-state index >= 15 is 0 Å². The Morgan fingerprint density at radius 3 is 2.47 bits per heavy atom. The summed E-state index contributed by atoms with van der Waals surface area (Å²) in [4.78, 5) is 2.57. The summed E-state index contributed by atoms with van der Waals surface area (Å²) in [5.74, 6) is 0.978. The van der Waals surface area contributed by atoms with E-state index in [-0.39, 0.29) is 0 Å². The van der Waals surface area contributed by atoms with E-state index in [1.165, 1.54) is 58.2 Å². The fourth-order valence-electron chi connectivity index (χ4n) is 3.60. The number of rotatable bonds is 4. The summed E-state index contributed by atoms with van der Waals surface area (Å²) in [6.45, 7) is 8.60. The van der Waals surface area contributed by atoms with Gasteiger partial charge in [-0.3, -0.25) is 0 Å². The van der Waals surface area contributed by atoms with Gasteiger partial charge in [0.1, 0.15) is 0 Å². The molecule has 1 aliphatic carbocycles. The van der Waals surface area contributed by atoms with E-state index in [4.69, 9.17) is 0 Å². The molecule has 2 fully saturated rings. The highest BCUT2D eigenvalue weighted by molar-refractivity contribution is 4.90. The highest BCUT2D eigenvalue weighted by Gasteiger charge is 2.32. The number of likely N-dealkylation sites (N-methyl/N-ethyl adjacent to an activating group) is 1. The van der Waals surface area contributed by atoms with Gasteiger partial charge in [0.05, 0.1) is 0 Å². The molecule has 2 heteroatoms. The van der Waals surface area contributed by atoms with Gasteiger partial charge in [-0.05, 0) is 50.6 Å². The molecule has 0 aromatic heterocycles. The Kier molecular flexibility index (Phi) is 4.48. The van der Waals surface area contributed by atoms with Crippen LogP contribution in [0.15, 0.2) is 0 Å². The highest BCUT2D eigenvalue weighted by Crippen LogP contribution is 2.31. The Labute approximate surface area is 107 Å². The van der Waals surface area contributed by atoms with Crippen LogP contribution in [0, 0.1) is 11.3 Å². The summed E-state index contributed by atoms with van der Waals surface area (Å²) in [5, 5.41) is 3.72. The van der Waals surface area contributed by atoms with Crippen LogP contribution in [0.25, 0.3) is 0 Å². The van der Waals surface area contributed by atoms with Gasteiger partial charge in [-0.1, -0.05) is 26.7 Å². The van der Waals surface area contributed by atoms with Crippen molar-refractivity contribution in [2.45, 2.75) is 58.4 Å². The lowest BCUT2D eigenvalue weighted by atomic mass is 9.77. The first-order valence-electron chi connectivity index (χ1n) is 7.50. The quantitative estimate of drug-likeness (QED) is 0.810. The Morgan fingerprint density at radius 2 is 1.82 bits per heavy atom. The van der Waals surface area contributed by atoms with Gasteiger partial charge in [-0.15, -0.1) is 0 Å². The fourth-order valence-corrected chi connectivity index (χ4v) is 3.60.